The van der Waals surface area contributed by atoms with Crippen molar-refractivity contribution in [3.05, 3.63) is 50.2 Å². The Morgan fingerprint density at radius 3 is 2.50 bits per heavy atom. The monoisotopic (exact) mass is 338 g/mol. The number of carbonyl (C=O) groups is 2. The second kappa shape index (κ2) is 6.94. The van der Waals surface area contributed by atoms with Crippen LogP contribution in [-0.4, -0.2) is 25.5 Å². The Hall–Kier alpha value is -1.85. The second-order valence-electron chi connectivity index (χ2n) is 4.68. The zero-order valence-corrected chi connectivity index (χ0v) is 14.0. The molecular weight excluding hydrogens is 324 g/mol. The number of Topliss-reactive ketones (excluding diaryl/α,β-unsaturated/α-hetero) is 1. The van der Waals surface area contributed by atoms with Crippen molar-refractivity contribution < 1.29 is 19.1 Å². The molecule has 1 heterocycles. The van der Waals surface area contributed by atoms with Crippen LogP contribution in [0.4, 0.5) is 0 Å². The normalized spacial score (nSPS) is 10.4. The quantitative estimate of drug-likeness (QED) is 0.609. The number of hydrogen-bond donors (Lipinski definition) is 0. The highest BCUT2D eigenvalue weighted by Crippen LogP contribution is 2.25. The molecule has 0 atom stereocenters. The van der Waals surface area contributed by atoms with Gasteiger partial charge in [0.25, 0.3) is 0 Å². The van der Waals surface area contributed by atoms with E-state index in [4.69, 9.17) is 21.1 Å². The number of methoxy groups -OCH3 is 1. The predicted molar refractivity (Wildman–Crippen MR) is 86.4 cm³/mol. The van der Waals surface area contributed by atoms with Crippen LogP contribution < -0.4 is 4.74 Å². The summed E-state index contributed by atoms with van der Waals surface area (Å²) in [5.41, 5.74) is 0.875. The molecule has 0 aliphatic carbocycles. The van der Waals surface area contributed by atoms with E-state index in [0.717, 1.165) is 9.75 Å². The molecule has 0 spiro atoms. The summed E-state index contributed by atoms with van der Waals surface area (Å²) >= 11 is 7.49. The molecule has 0 radical (unpaired) electrons. The number of halogens is 1. The summed E-state index contributed by atoms with van der Waals surface area (Å²) in [6.45, 7) is 3.44. The number of thiophene rings is 1. The van der Waals surface area contributed by atoms with Gasteiger partial charge in [-0.3, -0.25) is 4.79 Å². The van der Waals surface area contributed by atoms with E-state index in [9.17, 15) is 9.59 Å². The average Bonchev–Trinajstić information content (AvgIpc) is 2.83. The number of esters is 1. The molecule has 0 unspecified atom stereocenters. The number of ketones is 1. The first kappa shape index (κ1) is 16.5. The Morgan fingerprint density at radius 2 is 1.95 bits per heavy atom. The first-order chi connectivity index (χ1) is 10.4. The Kier molecular flexibility index (Phi) is 5.21. The van der Waals surface area contributed by atoms with Gasteiger partial charge in [0.2, 0.25) is 0 Å². The number of benzene rings is 1. The lowest BCUT2D eigenvalue weighted by Crippen LogP contribution is -2.14. The summed E-state index contributed by atoms with van der Waals surface area (Å²) in [5, 5.41) is 0.337. The third kappa shape index (κ3) is 3.67. The Labute approximate surface area is 137 Å². The topological polar surface area (TPSA) is 52.6 Å². The molecular formula is C16H15ClO4S. The van der Waals surface area contributed by atoms with E-state index in [-0.39, 0.29) is 12.4 Å². The highest BCUT2D eigenvalue weighted by Gasteiger charge is 2.16. The lowest BCUT2D eigenvalue weighted by Gasteiger charge is -2.06. The van der Waals surface area contributed by atoms with Crippen molar-refractivity contribution in [2.24, 2.45) is 0 Å². The summed E-state index contributed by atoms with van der Waals surface area (Å²) in [5.74, 6) is -0.322. The number of carbonyl (C=O) groups excluding carboxylic acids is 2. The maximum absolute atomic E-state index is 12.0. The van der Waals surface area contributed by atoms with Crippen LogP contribution in [0.1, 0.15) is 30.5 Å². The van der Waals surface area contributed by atoms with Crippen LogP contribution in [0.3, 0.4) is 0 Å². The Bertz CT molecular complexity index is 721. The molecule has 116 valence electrons. The molecule has 0 saturated heterocycles. The Balaban J connectivity index is 2.02. The largest absolute Gasteiger partial charge is 0.495 e. The number of rotatable bonds is 5. The fraction of sp³-hybridized carbons (Fsp3) is 0.250. The molecule has 22 heavy (non-hydrogen) atoms. The highest BCUT2D eigenvalue weighted by atomic mass is 35.5. The van der Waals surface area contributed by atoms with Crippen LogP contribution in [0.15, 0.2) is 24.3 Å². The molecule has 0 aliphatic rings. The van der Waals surface area contributed by atoms with Crippen molar-refractivity contribution >= 4 is 34.7 Å². The van der Waals surface area contributed by atoms with E-state index >= 15 is 0 Å². The van der Waals surface area contributed by atoms with Gasteiger partial charge in [-0.05, 0) is 38.1 Å². The minimum Gasteiger partial charge on any atom is -0.495 e. The van der Waals surface area contributed by atoms with E-state index in [1.54, 1.807) is 18.2 Å². The lowest BCUT2D eigenvalue weighted by molar-refractivity contribution is 0.0474. The van der Waals surface area contributed by atoms with Gasteiger partial charge in [-0.25, -0.2) is 4.79 Å². The van der Waals surface area contributed by atoms with Gasteiger partial charge in [-0.15, -0.1) is 11.3 Å². The van der Waals surface area contributed by atoms with Gasteiger partial charge in [-0.2, -0.15) is 0 Å². The van der Waals surface area contributed by atoms with Crippen molar-refractivity contribution in [1.82, 2.24) is 0 Å². The molecule has 4 nitrogen and oxygen atoms in total. The minimum absolute atomic E-state index is 0.317. The molecule has 0 aliphatic heterocycles. The van der Waals surface area contributed by atoms with Gasteiger partial charge in [-0.1, -0.05) is 11.6 Å². The van der Waals surface area contributed by atoms with Crippen LogP contribution >= 0.6 is 22.9 Å². The summed E-state index contributed by atoms with van der Waals surface area (Å²) in [6, 6.07) is 6.44. The van der Waals surface area contributed by atoms with Crippen LogP contribution in [0, 0.1) is 13.8 Å². The average molecular weight is 339 g/mol. The molecule has 2 aromatic rings. The van der Waals surface area contributed by atoms with Crippen LogP contribution in [-0.2, 0) is 4.74 Å². The summed E-state index contributed by atoms with van der Waals surface area (Å²) in [6.07, 6.45) is 0. The Morgan fingerprint density at radius 1 is 1.23 bits per heavy atom. The molecule has 1 aromatic carbocycles. The van der Waals surface area contributed by atoms with Crippen molar-refractivity contribution in [1.29, 1.82) is 0 Å². The first-order valence-corrected chi connectivity index (χ1v) is 7.72. The van der Waals surface area contributed by atoms with E-state index < -0.39 is 5.97 Å². The van der Waals surface area contributed by atoms with Crippen LogP contribution in [0.25, 0.3) is 0 Å². The molecule has 0 saturated carbocycles. The van der Waals surface area contributed by atoms with Gasteiger partial charge in [0.15, 0.2) is 12.4 Å². The maximum atomic E-state index is 12.0. The van der Waals surface area contributed by atoms with Crippen molar-refractivity contribution in [2.75, 3.05) is 13.7 Å². The molecule has 0 fully saturated rings. The second-order valence-corrected chi connectivity index (χ2v) is 6.54. The predicted octanol–water partition coefficient (Wildman–Crippen LogP) is 4.07. The number of ether oxygens (including phenoxy) is 2. The van der Waals surface area contributed by atoms with Crippen molar-refractivity contribution in [3.63, 3.8) is 0 Å². The van der Waals surface area contributed by atoms with Crippen molar-refractivity contribution in [3.8, 4) is 5.75 Å². The maximum Gasteiger partial charge on any atom is 0.339 e. The zero-order chi connectivity index (χ0) is 16.3. The number of hydrogen-bond acceptors (Lipinski definition) is 5. The smallest absolute Gasteiger partial charge is 0.339 e. The van der Waals surface area contributed by atoms with Gasteiger partial charge in [0.05, 0.1) is 17.7 Å². The highest BCUT2D eigenvalue weighted by molar-refractivity contribution is 7.12. The van der Waals surface area contributed by atoms with Gasteiger partial charge in [0, 0.05) is 15.3 Å². The molecule has 1 aromatic heterocycles. The summed E-state index contributed by atoms with van der Waals surface area (Å²) in [4.78, 5) is 25.9. The fourth-order valence-corrected chi connectivity index (χ4v) is 3.14. The van der Waals surface area contributed by atoms with E-state index in [0.29, 0.717) is 21.9 Å². The minimum atomic E-state index is -0.491. The number of aryl methyl sites for hydroxylation is 2. The SMILES string of the molecule is COc1ccc(C(=O)COC(=O)c2cc(C)sc2C)cc1Cl. The van der Waals surface area contributed by atoms with Crippen LogP contribution in [0.2, 0.25) is 5.02 Å². The fourth-order valence-electron chi connectivity index (χ4n) is 1.97. The third-order valence-corrected chi connectivity index (χ3v) is 4.33. The third-order valence-electron chi connectivity index (χ3n) is 3.07. The summed E-state index contributed by atoms with van der Waals surface area (Å²) < 4.78 is 10.1. The molecule has 6 heteroatoms. The first-order valence-electron chi connectivity index (χ1n) is 6.53. The van der Waals surface area contributed by atoms with Gasteiger partial charge >= 0.3 is 5.97 Å². The van der Waals surface area contributed by atoms with Crippen LogP contribution in [0.5, 0.6) is 5.75 Å². The zero-order valence-electron chi connectivity index (χ0n) is 12.4. The molecule has 0 N–H and O–H groups in total. The molecule has 0 bridgehead atoms. The lowest BCUT2D eigenvalue weighted by atomic mass is 10.1. The van der Waals surface area contributed by atoms with Gasteiger partial charge < -0.3 is 9.47 Å². The molecule has 0 amide bonds. The molecule has 2 rings (SSSR count). The van der Waals surface area contributed by atoms with E-state index in [1.165, 1.54) is 24.5 Å². The van der Waals surface area contributed by atoms with E-state index in [2.05, 4.69) is 0 Å². The van der Waals surface area contributed by atoms with E-state index in [1.807, 2.05) is 13.8 Å². The van der Waals surface area contributed by atoms with Gasteiger partial charge in [0.1, 0.15) is 5.75 Å². The standard InChI is InChI=1S/C16H15ClO4S/c1-9-6-12(10(2)22-9)16(19)21-8-14(18)11-4-5-15(20-3)13(17)7-11/h4-7H,8H2,1-3H3. The summed E-state index contributed by atoms with van der Waals surface area (Å²) in [7, 11) is 1.50. The van der Waals surface area contributed by atoms with Crippen molar-refractivity contribution in [2.45, 2.75) is 13.8 Å².